The minimum absolute atomic E-state index is 0.144. The molecule has 18 heavy (non-hydrogen) atoms. The van der Waals surface area contributed by atoms with Crippen LogP contribution in [0.5, 0.6) is 0 Å². The Bertz CT molecular complexity index is 497. The molecule has 0 bridgehead atoms. The van der Waals surface area contributed by atoms with E-state index >= 15 is 0 Å². The first-order valence-corrected chi connectivity index (χ1v) is 7.21. The van der Waals surface area contributed by atoms with Crippen molar-refractivity contribution in [2.24, 2.45) is 5.84 Å². The summed E-state index contributed by atoms with van der Waals surface area (Å²) in [5.41, 5.74) is 5.29. The first-order valence-electron chi connectivity index (χ1n) is 5.95. The number of thiophene rings is 1. The molecule has 3 N–H and O–H groups in total. The molecule has 1 heterocycles. The number of rotatable bonds is 5. The number of nitrogens with two attached hydrogens (primary N) is 1. The Morgan fingerprint density at radius 1 is 1.39 bits per heavy atom. The summed E-state index contributed by atoms with van der Waals surface area (Å²) in [6.07, 6.45) is 2.00. The van der Waals surface area contributed by atoms with Gasteiger partial charge in [0.15, 0.2) is 0 Å². The van der Waals surface area contributed by atoms with Gasteiger partial charge >= 0.3 is 0 Å². The number of benzene rings is 1. The molecule has 0 fully saturated rings. The number of nitrogens with one attached hydrogen (secondary N) is 1. The predicted octanol–water partition coefficient (Wildman–Crippen LogP) is 3.85. The van der Waals surface area contributed by atoms with E-state index in [1.807, 2.05) is 18.2 Å². The predicted molar refractivity (Wildman–Crippen MR) is 78.9 cm³/mol. The van der Waals surface area contributed by atoms with Crippen LogP contribution in [0.1, 0.15) is 28.5 Å². The van der Waals surface area contributed by atoms with Crippen molar-refractivity contribution in [3.63, 3.8) is 0 Å². The van der Waals surface area contributed by atoms with Crippen LogP contribution in [0.2, 0.25) is 5.02 Å². The first-order chi connectivity index (χ1) is 8.70. The summed E-state index contributed by atoms with van der Waals surface area (Å²) in [5.74, 6) is 5.67. The van der Waals surface area contributed by atoms with Crippen LogP contribution >= 0.6 is 22.9 Å². The summed E-state index contributed by atoms with van der Waals surface area (Å²) in [5, 5.41) is 2.86. The van der Waals surface area contributed by atoms with Crippen LogP contribution in [0.3, 0.4) is 0 Å². The Hall–Kier alpha value is -0.870. The molecule has 2 aromatic rings. The number of aryl methyl sites for hydroxylation is 2. The topological polar surface area (TPSA) is 38.0 Å². The summed E-state index contributed by atoms with van der Waals surface area (Å²) >= 11 is 7.83. The average molecular weight is 281 g/mol. The fourth-order valence-corrected chi connectivity index (χ4v) is 2.96. The van der Waals surface area contributed by atoms with Crippen molar-refractivity contribution in [1.29, 1.82) is 0 Å². The summed E-state index contributed by atoms with van der Waals surface area (Å²) < 4.78 is 0. The smallest absolute Gasteiger partial charge is 0.0466 e. The lowest BCUT2D eigenvalue weighted by Gasteiger charge is -2.18. The van der Waals surface area contributed by atoms with Gasteiger partial charge in [0.2, 0.25) is 0 Å². The molecule has 0 spiro atoms. The highest BCUT2D eigenvalue weighted by molar-refractivity contribution is 7.09. The van der Waals surface area contributed by atoms with Crippen molar-refractivity contribution in [3.05, 3.63) is 56.7 Å². The minimum atomic E-state index is 0.144. The van der Waals surface area contributed by atoms with Crippen LogP contribution in [-0.4, -0.2) is 0 Å². The summed E-state index contributed by atoms with van der Waals surface area (Å²) in [6.45, 7) is 2.08. The van der Waals surface area contributed by atoms with Crippen LogP contribution in [0.15, 0.2) is 35.7 Å². The van der Waals surface area contributed by atoms with Gasteiger partial charge in [0.05, 0.1) is 0 Å². The fourth-order valence-electron chi connectivity index (χ4n) is 2.06. The first kappa shape index (κ1) is 13.6. The van der Waals surface area contributed by atoms with Crippen molar-refractivity contribution < 1.29 is 0 Å². The van der Waals surface area contributed by atoms with Crippen molar-refractivity contribution >= 4 is 22.9 Å². The van der Waals surface area contributed by atoms with Gasteiger partial charge in [0, 0.05) is 15.9 Å². The number of hydrogen-bond donors (Lipinski definition) is 2. The van der Waals surface area contributed by atoms with E-state index in [1.54, 1.807) is 11.3 Å². The molecule has 1 aromatic heterocycles. The maximum atomic E-state index is 6.05. The Kier molecular flexibility index (Phi) is 4.78. The molecule has 0 radical (unpaired) electrons. The van der Waals surface area contributed by atoms with Crippen LogP contribution in [-0.2, 0) is 6.42 Å². The van der Waals surface area contributed by atoms with E-state index in [4.69, 9.17) is 17.4 Å². The molecule has 0 amide bonds. The van der Waals surface area contributed by atoms with E-state index in [-0.39, 0.29) is 6.04 Å². The normalized spacial score (nSPS) is 12.6. The van der Waals surface area contributed by atoms with Gasteiger partial charge in [-0.1, -0.05) is 23.7 Å². The van der Waals surface area contributed by atoms with Gasteiger partial charge in [0.1, 0.15) is 0 Å². The summed E-state index contributed by atoms with van der Waals surface area (Å²) in [6, 6.07) is 10.3. The van der Waals surface area contributed by atoms with Crippen LogP contribution in [0.25, 0.3) is 0 Å². The number of hydrogen-bond acceptors (Lipinski definition) is 3. The average Bonchev–Trinajstić information content (AvgIpc) is 2.87. The quantitative estimate of drug-likeness (QED) is 0.645. The zero-order valence-electron chi connectivity index (χ0n) is 10.3. The second-order valence-electron chi connectivity index (χ2n) is 4.34. The molecule has 0 saturated carbocycles. The minimum Gasteiger partial charge on any atom is -0.271 e. The van der Waals surface area contributed by atoms with Gasteiger partial charge in [-0.3, -0.25) is 11.3 Å². The van der Waals surface area contributed by atoms with Gasteiger partial charge in [-0.25, -0.2) is 0 Å². The monoisotopic (exact) mass is 280 g/mol. The molecule has 2 nitrogen and oxygen atoms in total. The second kappa shape index (κ2) is 6.34. The Morgan fingerprint density at radius 3 is 2.89 bits per heavy atom. The van der Waals surface area contributed by atoms with Crippen LogP contribution in [0.4, 0.5) is 0 Å². The van der Waals surface area contributed by atoms with Crippen molar-refractivity contribution in [3.8, 4) is 0 Å². The zero-order chi connectivity index (χ0) is 13.0. The van der Waals surface area contributed by atoms with E-state index in [9.17, 15) is 0 Å². The molecule has 1 aromatic carbocycles. The third kappa shape index (κ3) is 3.33. The molecule has 0 aliphatic rings. The molecule has 96 valence electrons. The molecule has 0 saturated heterocycles. The lowest BCUT2D eigenvalue weighted by atomic mass is 9.98. The molecule has 4 heteroatoms. The van der Waals surface area contributed by atoms with E-state index in [0.717, 1.165) is 17.9 Å². The Morgan fingerprint density at radius 2 is 2.22 bits per heavy atom. The maximum absolute atomic E-state index is 6.05. The Balaban J connectivity index is 2.10. The van der Waals surface area contributed by atoms with Crippen molar-refractivity contribution in [1.82, 2.24) is 5.43 Å². The van der Waals surface area contributed by atoms with Gasteiger partial charge in [-0.15, -0.1) is 11.3 Å². The SMILES string of the molecule is Cc1ccc(Cl)cc1C(CCc1cccs1)NN. The Labute approximate surface area is 117 Å². The summed E-state index contributed by atoms with van der Waals surface area (Å²) in [4.78, 5) is 1.38. The fraction of sp³-hybridized carbons (Fsp3) is 0.286. The third-order valence-electron chi connectivity index (χ3n) is 3.08. The maximum Gasteiger partial charge on any atom is 0.0466 e. The van der Waals surface area contributed by atoms with Crippen LogP contribution in [0, 0.1) is 6.92 Å². The molecule has 0 aliphatic heterocycles. The standard InChI is InChI=1S/C14H17ClN2S/c1-10-4-5-11(15)9-13(10)14(17-16)7-6-12-3-2-8-18-12/h2-5,8-9,14,17H,6-7,16H2,1H3. The van der Waals surface area contributed by atoms with Gasteiger partial charge < -0.3 is 0 Å². The zero-order valence-corrected chi connectivity index (χ0v) is 11.9. The van der Waals surface area contributed by atoms with Crippen molar-refractivity contribution in [2.75, 3.05) is 0 Å². The largest absolute Gasteiger partial charge is 0.271 e. The van der Waals surface area contributed by atoms with Gasteiger partial charge in [-0.2, -0.15) is 0 Å². The van der Waals surface area contributed by atoms with E-state index in [2.05, 4.69) is 29.9 Å². The molecular formula is C14H17ClN2S. The number of halogens is 1. The molecular weight excluding hydrogens is 264 g/mol. The van der Waals surface area contributed by atoms with E-state index in [0.29, 0.717) is 0 Å². The highest BCUT2D eigenvalue weighted by Gasteiger charge is 2.13. The lowest BCUT2D eigenvalue weighted by Crippen LogP contribution is -2.28. The lowest BCUT2D eigenvalue weighted by molar-refractivity contribution is 0.516. The van der Waals surface area contributed by atoms with Gasteiger partial charge in [-0.05, 0) is 54.5 Å². The number of hydrazine groups is 1. The van der Waals surface area contributed by atoms with Crippen LogP contribution < -0.4 is 11.3 Å². The molecule has 2 rings (SSSR count). The highest BCUT2D eigenvalue weighted by Crippen LogP contribution is 2.25. The van der Waals surface area contributed by atoms with E-state index in [1.165, 1.54) is 16.0 Å². The second-order valence-corrected chi connectivity index (χ2v) is 5.81. The highest BCUT2D eigenvalue weighted by atomic mass is 35.5. The van der Waals surface area contributed by atoms with Gasteiger partial charge in [0.25, 0.3) is 0 Å². The molecule has 1 atom stereocenters. The molecule has 0 aliphatic carbocycles. The molecule has 1 unspecified atom stereocenters. The van der Waals surface area contributed by atoms with Crippen molar-refractivity contribution in [2.45, 2.75) is 25.8 Å². The summed E-state index contributed by atoms with van der Waals surface area (Å²) in [7, 11) is 0. The third-order valence-corrected chi connectivity index (χ3v) is 4.25. The van der Waals surface area contributed by atoms with E-state index < -0.39 is 0 Å².